The highest BCUT2D eigenvalue weighted by molar-refractivity contribution is 5.94. The maximum atomic E-state index is 12.4. The van der Waals surface area contributed by atoms with Gasteiger partial charge >= 0.3 is 0 Å². The SMILES string of the molecule is Cc1cc(C)cc(NC(=O)C(C)N2CCCC(CO)C2)c1. The number of likely N-dealkylation sites (tertiary alicyclic amines) is 1. The van der Waals surface area contributed by atoms with Crippen molar-refractivity contribution in [2.24, 2.45) is 5.92 Å². The first kappa shape index (κ1) is 16.0. The third kappa shape index (κ3) is 4.29. The van der Waals surface area contributed by atoms with Gasteiger partial charge in [0.15, 0.2) is 0 Å². The Hall–Kier alpha value is -1.39. The van der Waals surface area contributed by atoms with Crippen LogP contribution in [-0.2, 0) is 4.79 Å². The van der Waals surface area contributed by atoms with Crippen LogP contribution in [0, 0.1) is 19.8 Å². The Morgan fingerprint density at radius 3 is 2.67 bits per heavy atom. The lowest BCUT2D eigenvalue weighted by atomic mass is 9.97. The van der Waals surface area contributed by atoms with Gasteiger partial charge < -0.3 is 10.4 Å². The molecule has 1 aliphatic heterocycles. The van der Waals surface area contributed by atoms with Crippen molar-refractivity contribution in [1.82, 2.24) is 4.90 Å². The van der Waals surface area contributed by atoms with Crippen molar-refractivity contribution >= 4 is 11.6 Å². The summed E-state index contributed by atoms with van der Waals surface area (Å²) in [5, 5.41) is 12.3. The van der Waals surface area contributed by atoms with Crippen molar-refractivity contribution in [3.8, 4) is 0 Å². The lowest BCUT2D eigenvalue weighted by Crippen LogP contribution is -2.47. The number of amides is 1. The highest BCUT2D eigenvalue weighted by Crippen LogP contribution is 2.19. The molecule has 0 aliphatic carbocycles. The molecule has 1 heterocycles. The zero-order chi connectivity index (χ0) is 15.4. The van der Waals surface area contributed by atoms with Crippen molar-refractivity contribution in [3.63, 3.8) is 0 Å². The molecule has 0 aromatic heterocycles. The summed E-state index contributed by atoms with van der Waals surface area (Å²) in [5.41, 5.74) is 3.16. The van der Waals surface area contributed by atoms with Crippen molar-refractivity contribution in [2.75, 3.05) is 25.0 Å². The van der Waals surface area contributed by atoms with Gasteiger partial charge in [-0.3, -0.25) is 9.69 Å². The van der Waals surface area contributed by atoms with Crippen LogP contribution in [0.3, 0.4) is 0 Å². The Morgan fingerprint density at radius 1 is 1.38 bits per heavy atom. The van der Waals surface area contributed by atoms with Crippen LogP contribution < -0.4 is 5.32 Å². The summed E-state index contributed by atoms with van der Waals surface area (Å²) >= 11 is 0. The molecule has 2 unspecified atom stereocenters. The fourth-order valence-electron chi connectivity index (χ4n) is 3.06. The number of benzene rings is 1. The predicted octanol–water partition coefficient (Wildman–Crippen LogP) is 2.33. The van der Waals surface area contributed by atoms with Crippen LogP contribution in [0.15, 0.2) is 18.2 Å². The zero-order valence-electron chi connectivity index (χ0n) is 13.2. The van der Waals surface area contributed by atoms with Gasteiger partial charge in [-0.15, -0.1) is 0 Å². The largest absolute Gasteiger partial charge is 0.396 e. The van der Waals surface area contributed by atoms with Gasteiger partial charge in [-0.2, -0.15) is 0 Å². The average Bonchev–Trinajstić information content (AvgIpc) is 2.45. The standard InChI is InChI=1S/C17H26N2O2/c1-12-7-13(2)9-16(8-12)18-17(21)14(3)19-6-4-5-15(10-19)11-20/h7-9,14-15,20H,4-6,10-11H2,1-3H3,(H,18,21). The van der Waals surface area contributed by atoms with Crippen molar-refractivity contribution < 1.29 is 9.90 Å². The molecule has 1 fully saturated rings. The van der Waals surface area contributed by atoms with E-state index in [0.29, 0.717) is 5.92 Å². The third-order valence-corrected chi connectivity index (χ3v) is 4.22. The molecular formula is C17H26N2O2. The molecule has 1 aliphatic rings. The van der Waals surface area contributed by atoms with Gasteiger partial charge in [0.05, 0.1) is 6.04 Å². The molecule has 4 nitrogen and oxygen atoms in total. The van der Waals surface area contributed by atoms with E-state index in [1.54, 1.807) is 0 Å². The number of aryl methyl sites for hydroxylation is 2. The summed E-state index contributed by atoms with van der Waals surface area (Å²) in [7, 11) is 0. The van der Waals surface area contributed by atoms with E-state index in [-0.39, 0.29) is 18.6 Å². The summed E-state index contributed by atoms with van der Waals surface area (Å²) in [6, 6.07) is 5.91. The number of hydrogen-bond donors (Lipinski definition) is 2. The first-order valence-corrected chi connectivity index (χ1v) is 7.73. The molecule has 1 saturated heterocycles. The Labute approximate surface area is 127 Å². The molecule has 1 aromatic carbocycles. The summed E-state index contributed by atoms with van der Waals surface area (Å²) < 4.78 is 0. The number of rotatable bonds is 4. The first-order chi connectivity index (χ1) is 9.99. The second kappa shape index (κ2) is 7.05. The summed E-state index contributed by atoms with van der Waals surface area (Å²) in [5.74, 6) is 0.328. The Balaban J connectivity index is 1.98. The number of piperidine rings is 1. The minimum atomic E-state index is -0.167. The molecule has 21 heavy (non-hydrogen) atoms. The molecule has 1 aromatic rings. The molecule has 2 atom stereocenters. The van der Waals surface area contributed by atoms with Crippen LogP contribution >= 0.6 is 0 Å². The van der Waals surface area contributed by atoms with E-state index in [2.05, 4.69) is 16.3 Å². The van der Waals surface area contributed by atoms with Gasteiger partial charge in [0.1, 0.15) is 0 Å². The van der Waals surface area contributed by atoms with E-state index in [1.807, 2.05) is 32.9 Å². The monoisotopic (exact) mass is 290 g/mol. The molecule has 116 valence electrons. The Bertz CT molecular complexity index is 481. The van der Waals surface area contributed by atoms with Gasteiger partial charge in [0.25, 0.3) is 0 Å². The summed E-state index contributed by atoms with van der Waals surface area (Å²) in [4.78, 5) is 14.6. The van der Waals surface area contributed by atoms with Crippen LogP contribution in [0.1, 0.15) is 30.9 Å². The quantitative estimate of drug-likeness (QED) is 0.895. The molecule has 0 spiro atoms. The highest BCUT2D eigenvalue weighted by atomic mass is 16.3. The molecule has 1 amide bonds. The van der Waals surface area contributed by atoms with Crippen molar-refractivity contribution in [2.45, 2.75) is 39.7 Å². The number of anilines is 1. The number of hydrogen-bond acceptors (Lipinski definition) is 3. The van der Waals surface area contributed by atoms with E-state index in [4.69, 9.17) is 0 Å². The Morgan fingerprint density at radius 2 is 2.05 bits per heavy atom. The highest BCUT2D eigenvalue weighted by Gasteiger charge is 2.27. The fourth-order valence-corrected chi connectivity index (χ4v) is 3.06. The molecule has 4 heteroatoms. The van der Waals surface area contributed by atoms with Gasteiger partial charge in [0.2, 0.25) is 5.91 Å². The van der Waals surface area contributed by atoms with E-state index in [0.717, 1.165) is 42.7 Å². The van der Waals surface area contributed by atoms with Gasteiger partial charge in [-0.25, -0.2) is 0 Å². The first-order valence-electron chi connectivity index (χ1n) is 7.73. The van der Waals surface area contributed by atoms with E-state index < -0.39 is 0 Å². The molecular weight excluding hydrogens is 264 g/mol. The van der Waals surface area contributed by atoms with Crippen LogP contribution in [0.2, 0.25) is 0 Å². The smallest absolute Gasteiger partial charge is 0.241 e. The molecule has 2 rings (SSSR count). The number of aliphatic hydroxyl groups excluding tert-OH is 1. The molecule has 0 radical (unpaired) electrons. The minimum absolute atomic E-state index is 0.0265. The minimum Gasteiger partial charge on any atom is -0.396 e. The number of carbonyl (C=O) groups is 1. The van der Waals surface area contributed by atoms with E-state index in [1.165, 1.54) is 0 Å². The second-order valence-electron chi connectivity index (χ2n) is 6.23. The number of carbonyl (C=O) groups excluding carboxylic acids is 1. The average molecular weight is 290 g/mol. The van der Waals surface area contributed by atoms with Crippen LogP contribution in [0.4, 0.5) is 5.69 Å². The second-order valence-corrected chi connectivity index (χ2v) is 6.23. The van der Waals surface area contributed by atoms with Crippen LogP contribution in [0.25, 0.3) is 0 Å². The lowest BCUT2D eigenvalue weighted by molar-refractivity contribution is -0.121. The third-order valence-electron chi connectivity index (χ3n) is 4.22. The molecule has 0 saturated carbocycles. The van der Waals surface area contributed by atoms with Crippen LogP contribution in [0.5, 0.6) is 0 Å². The summed E-state index contributed by atoms with van der Waals surface area (Å²) in [6.45, 7) is 7.95. The zero-order valence-corrected chi connectivity index (χ0v) is 13.2. The predicted molar refractivity (Wildman–Crippen MR) is 85.4 cm³/mol. The van der Waals surface area contributed by atoms with E-state index >= 15 is 0 Å². The van der Waals surface area contributed by atoms with Gasteiger partial charge in [-0.05, 0) is 69.3 Å². The number of nitrogens with zero attached hydrogens (tertiary/aromatic N) is 1. The summed E-state index contributed by atoms with van der Waals surface area (Å²) in [6.07, 6.45) is 2.10. The lowest BCUT2D eigenvalue weighted by Gasteiger charge is -2.35. The van der Waals surface area contributed by atoms with E-state index in [9.17, 15) is 9.90 Å². The Kier molecular flexibility index (Phi) is 5.37. The normalized spacial score (nSPS) is 21.0. The van der Waals surface area contributed by atoms with Crippen molar-refractivity contribution in [1.29, 1.82) is 0 Å². The topological polar surface area (TPSA) is 52.6 Å². The maximum absolute atomic E-state index is 12.4. The molecule has 2 N–H and O–H groups in total. The van der Waals surface area contributed by atoms with Crippen LogP contribution in [-0.4, -0.2) is 41.7 Å². The number of nitrogens with one attached hydrogen (secondary N) is 1. The molecule has 0 bridgehead atoms. The van der Waals surface area contributed by atoms with Crippen molar-refractivity contribution in [3.05, 3.63) is 29.3 Å². The number of aliphatic hydroxyl groups is 1. The van der Waals surface area contributed by atoms with Gasteiger partial charge in [0, 0.05) is 18.8 Å². The van der Waals surface area contributed by atoms with Gasteiger partial charge in [-0.1, -0.05) is 6.07 Å². The maximum Gasteiger partial charge on any atom is 0.241 e. The fraction of sp³-hybridized carbons (Fsp3) is 0.588.